The third-order valence-electron chi connectivity index (χ3n) is 3.70. The van der Waals surface area contributed by atoms with Crippen LogP contribution in [0.5, 0.6) is 5.75 Å². The number of hydrogen-bond acceptors (Lipinski definition) is 3. The van der Waals surface area contributed by atoms with E-state index < -0.39 is 0 Å². The minimum Gasteiger partial charge on any atom is -0.503 e. The first-order valence-corrected chi connectivity index (χ1v) is 6.86. The lowest BCUT2D eigenvalue weighted by Crippen LogP contribution is -2.33. The summed E-state index contributed by atoms with van der Waals surface area (Å²) in [5.74, 6) is -0.0846. The average Bonchev–Trinajstić information content (AvgIpc) is 2.41. The number of likely N-dealkylation sites (tertiary alicyclic amines) is 1. The maximum Gasteiger partial charge on any atom is 0.223 e. The molecule has 108 valence electrons. The van der Waals surface area contributed by atoms with E-state index >= 15 is 0 Å². The lowest BCUT2D eigenvalue weighted by Gasteiger charge is -2.27. The quantitative estimate of drug-likeness (QED) is 0.921. The van der Waals surface area contributed by atoms with Crippen molar-refractivity contribution in [3.63, 3.8) is 0 Å². The number of rotatable bonds is 4. The summed E-state index contributed by atoms with van der Waals surface area (Å²) < 4.78 is 2.01. The van der Waals surface area contributed by atoms with Crippen molar-refractivity contribution in [3.8, 4) is 5.75 Å². The van der Waals surface area contributed by atoms with Gasteiger partial charge in [0, 0.05) is 25.4 Å². The van der Waals surface area contributed by atoms with Crippen molar-refractivity contribution in [1.82, 2.24) is 9.47 Å². The maximum atomic E-state index is 11.4. The monoisotopic (exact) mass is 286 g/mol. The number of nitrogens with zero attached hydrogens (tertiary/aromatic N) is 2. The molecule has 1 aromatic heterocycles. The summed E-state index contributed by atoms with van der Waals surface area (Å²) in [4.78, 5) is 13.8. The van der Waals surface area contributed by atoms with E-state index in [0.29, 0.717) is 6.42 Å². The van der Waals surface area contributed by atoms with E-state index in [4.69, 9.17) is 0 Å². The summed E-state index contributed by atoms with van der Waals surface area (Å²) in [6.07, 6.45) is 6.40. The minimum atomic E-state index is -0.277. The maximum absolute atomic E-state index is 11.4. The molecule has 1 fully saturated rings. The third-order valence-corrected chi connectivity index (χ3v) is 3.70. The molecule has 0 atom stereocenters. The van der Waals surface area contributed by atoms with Crippen molar-refractivity contribution < 1.29 is 5.11 Å². The summed E-state index contributed by atoms with van der Waals surface area (Å²) in [6, 6.07) is 1.45. The molecule has 1 N–H and O–H groups in total. The first-order chi connectivity index (χ1) is 8.72. The Kier molecular flexibility index (Phi) is 6.38. The van der Waals surface area contributed by atoms with Gasteiger partial charge in [-0.2, -0.15) is 0 Å². The lowest BCUT2D eigenvalue weighted by atomic mass is 10.1. The van der Waals surface area contributed by atoms with Crippen molar-refractivity contribution in [1.29, 1.82) is 0 Å². The van der Waals surface area contributed by atoms with Gasteiger partial charge in [-0.25, -0.2) is 0 Å². The second kappa shape index (κ2) is 7.56. The molecule has 2 rings (SSSR count). The normalized spacial score (nSPS) is 16.1. The molecule has 1 aliphatic heterocycles. The topological polar surface area (TPSA) is 45.5 Å². The second-order valence-corrected chi connectivity index (χ2v) is 4.92. The predicted molar refractivity (Wildman–Crippen MR) is 79.3 cm³/mol. The van der Waals surface area contributed by atoms with E-state index in [-0.39, 0.29) is 23.6 Å². The first kappa shape index (κ1) is 16.1. The molecule has 19 heavy (non-hydrogen) atoms. The van der Waals surface area contributed by atoms with Gasteiger partial charge >= 0.3 is 0 Å². The molecular weight excluding hydrogens is 264 g/mol. The Balaban J connectivity index is 0.00000180. The third kappa shape index (κ3) is 3.98. The number of halogens is 1. The van der Waals surface area contributed by atoms with Gasteiger partial charge in [0.15, 0.2) is 5.75 Å². The fourth-order valence-corrected chi connectivity index (χ4v) is 2.62. The van der Waals surface area contributed by atoms with Gasteiger partial charge in [-0.1, -0.05) is 13.3 Å². The summed E-state index contributed by atoms with van der Waals surface area (Å²) in [5, 5.41) is 9.77. The van der Waals surface area contributed by atoms with Gasteiger partial charge in [0.25, 0.3) is 0 Å². The number of aromatic hydroxyl groups is 1. The van der Waals surface area contributed by atoms with Crippen LogP contribution in [0.25, 0.3) is 0 Å². The molecule has 5 heteroatoms. The van der Waals surface area contributed by atoms with E-state index in [2.05, 4.69) is 4.90 Å². The summed E-state index contributed by atoms with van der Waals surface area (Å²) in [7, 11) is 0. The molecule has 0 bridgehead atoms. The van der Waals surface area contributed by atoms with Gasteiger partial charge in [0.2, 0.25) is 5.43 Å². The molecule has 0 radical (unpaired) electrons. The highest BCUT2D eigenvalue weighted by Gasteiger charge is 2.12. The Morgan fingerprint density at radius 2 is 1.89 bits per heavy atom. The van der Waals surface area contributed by atoms with E-state index in [1.807, 2.05) is 11.5 Å². The Labute approximate surface area is 120 Å². The van der Waals surface area contributed by atoms with Crippen LogP contribution in [0.15, 0.2) is 17.1 Å². The minimum absolute atomic E-state index is 0. The van der Waals surface area contributed by atoms with Crippen LogP contribution < -0.4 is 5.43 Å². The zero-order valence-electron chi connectivity index (χ0n) is 11.5. The molecule has 0 saturated carbocycles. The molecule has 1 saturated heterocycles. The Morgan fingerprint density at radius 1 is 1.21 bits per heavy atom. The smallest absolute Gasteiger partial charge is 0.223 e. The number of aromatic nitrogens is 1. The van der Waals surface area contributed by atoms with Crippen LogP contribution in [0, 0.1) is 0 Å². The highest BCUT2D eigenvalue weighted by molar-refractivity contribution is 5.85. The Hall–Kier alpha value is -1.00. The zero-order chi connectivity index (χ0) is 13.0. The highest BCUT2D eigenvalue weighted by atomic mass is 35.5. The van der Waals surface area contributed by atoms with Gasteiger partial charge in [-0.15, -0.1) is 12.4 Å². The highest BCUT2D eigenvalue weighted by Crippen LogP contribution is 2.13. The fourth-order valence-electron chi connectivity index (χ4n) is 2.62. The first-order valence-electron chi connectivity index (χ1n) is 6.86. The van der Waals surface area contributed by atoms with Crippen molar-refractivity contribution in [2.24, 2.45) is 0 Å². The Bertz CT molecular complexity index is 453. The van der Waals surface area contributed by atoms with Crippen LogP contribution in [0.3, 0.4) is 0 Å². The van der Waals surface area contributed by atoms with Crippen LogP contribution in [0.1, 0.15) is 31.9 Å². The van der Waals surface area contributed by atoms with Crippen molar-refractivity contribution in [2.75, 3.05) is 19.6 Å². The van der Waals surface area contributed by atoms with Crippen LogP contribution in [0.2, 0.25) is 0 Å². The number of pyridine rings is 1. The molecule has 0 aliphatic carbocycles. The standard InChI is InChI=1S/C14H22N2O2.ClH/c1-2-12-14(18)13(17)6-9-16(12)11-10-15-7-4-3-5-8-15;/h6,9,18H,2-5,7-8,10-11H2,1H3;1H. The van der Waals surface area contributed by atoms with Gasteiger partial charge in [-0.3, -0.25) is 4.79 Å². The molecule has 0 amide bonds. The van der Waals surface area contributed by atoms with Gasteiger partial charge in [0.1, 0.15) is 0 Å². The molecule has 1 aliphatic rings. The summed E-state index contributed by atoms with van der Waals surface area (Å²) in [6.45, 7) is 6.15. The van der Waals surface area contributed by atoms with Crippen molar-refractivity contribution >= 4 is 12.4 Å². The predicted octanol–water partition coefficient (Wildman–Crippen LogP) is 2.02. The van der Waals surface area contributed by atoms with Crippen LogP contribution in [-0.4, -0.2) is 34.2 Å². The largest absolute Gasteiger partial charge is 0.503 e. The number of hydrogen-bond donors (Lipinski definition) is 1. The van der Waals surface area contributed by atoms with E-state index in [0.717, 1.165) is 18.8 Å². The second-order valence-electron chi connectivity index (χ2n) is 4.92. The molecule has 1 aromatic rings. The van der Waals surface area contributed by atoms with Gasteiger partial charge in [0.05, 0.1) is 5.69 Å². The summed E-state index contributed by atoms with van der Waals surface area (Å²) >= 11 is 0. The molecule has 4 nitrogen and oxygen atoms in total. The van der Waals surface area contributed by atoms with Crippen molar-refractivity contribution in [3.05, 3.63) is 28.2 Å². The van der Waals surface area contributed by atoms with Crippen LogP contribution in [-0.2, 0) is 13.0 Å². The van der Waals surface area contributed by atoms with E-state index in [1.165, 1.54) is 38.4 Å². The van der Waals surface area contributed by atoms with E-state index in [9.17, 15) is 9.90 Å². The Morgan fingerprint density at radius 3 is 2.53 bits per heavy atom. The lowest BCUT2D eigenvalue weighted by molar-refractivity contribution is 0.219. The van der Waals surface area contributed by atoms with Crippen LogP contribution >= 0.6 is 12.4 Å². The van der Waals surface area contributed by atoms with Crippen LogP contribution in [0.4, 0.5) is 0 Å². The van der Waals surface area contributed by atoms with Gasteiger partial charge < -0.3 is 14.6 Å². The van der Waals surface area contributed by atoms with Gasteiger partial charge in [-0.05, 0) is 32.4 Å². The summed E-state index contributed by atoms with van der Waals surface area (Å²) in [5.41, 5.74) is 0.473. The molecule has 0 spiro atoms. The molecule has 2 heterocycles. The average molecular weight is 287 g/mol. The molecule has 0 aromatic carbocycles. The molecule has 0 unspecified atom stereocenters. The number of piperidine rings is 1. The fraction of sp³-hybridized carbons (Fsp3) is 0.643. The SMILES string of the molecule is CCc1c(O)c(=O)ccn1CCN1CCCCC1.Cl. The zero-order valence-corrected chi connectivity index (χ0v) is 12.3. The molecular formula is C14H23ClN2O2. The van der Waals surface area contributed by atoms with E-state index in [1.54, 1.807) is 6.20 Å². The van der Waals surface area contributed by atoms with Crippen molar-refractivity contribution in [2.45, 2.75) is 39.2 Å².